The SMILES string of the molecule is Cc1cc(C)c(C)c(C23CC4CC(C2)C(C)(C)N(C4)C3C)c1. The quantitative estimate of drug-likeness (QED) is 0.722. The molecule has 4 aliphatic rings. The Kier molecular flexibility index (Phi) is 2.94. The van der Waals surface area contributed by atoms with Gasteiger partial charge in [-0.25, -0.2) is 0 Å². The fraction of sp³-hybridized carbons (Fsp3) is 0.714. The third kappa shape index (κ3) is 1.69. The zero-order valence-electron chi connectivity index (χ0n) is 15.2. The second kappa shape index (κ2) is 4.38. The first kappa shape index (κ1) is 14.8. The Labute approximate surface area is 136 Å². The van der Waals surface area contributed by atoms with Crippen molar-refractivity contribution in [2.75, 3.05) is 6.54 Å². The third-order valence-electron chi connectivity index (χ3n) is 7.69. The van der Waals surface area contributed by atoms with Gasteiger partial charge in [0, 0.05) is 23.5 Å². The number of benzene rings is 1. The van der Waals surface area contributed by atoms with E-state index in [9.17, 15) is 0 Å². The van der Waals surface area contributed by atoms with Crippen molar-refractivity contribution >= 4 is 0 Å². The highest BCUT2D eigenvalue weighted by molar-refractivity contribution is 5.45. The molecule has 0 radical (unpaired) electrons. The molecule has 1 aromatic carbocycles. The zero-order chi connectivity index (χ0) is 15.9. The minimum atomic E-state index is 0.395. The lowest BCUT2D eigenvalue weighted by Crippen LogP contribution is -2.73. The van der Waals surface area contributed by atoms with Crippen molar-refractivity contribution in [3.63, 3.8) is 0 Å². The lowest BCUT2D eigenvalue weighted by Gasteiger charge is -2.69. The molecule has 1 aliphatic carbocycles. The van der Waals surface area contributed by atoms with Gasteiger partial charge in [0.15, 0.2) is 0 Å². The minimum absolute atomic E-state index is 0.395. The monoisotopic (exact) mass is 297 g/mol. The molecule has 1 saturated carbocycles. The second-order valence-electron chi connectivity index (χ2n) is 9.10. The van der Waals surface area contributed by atoms with E-state index in [4.69, 9.17) is 0 Å². The Morgan fingerprint density at radius 2 is 1.82 bits per heavy atom. The van der Waals surface area contributed by atoms with Crippen molar-refractivity contribution < 1.29 is 0 Å². The number of hydrogen-bond acceptors (Lipinski definition) is 1. The fourth-order valence-electron chi connectivity index (χ4n) is 6.33. The van der Waals surface area contributed by atoms with Gasteiger partial charge in [-0.3, -0.25) is 4.90 Å². The molecule has 1 aromatic rings. The average Bonchev–Trinajstić information content (AvgIpc) is 2.44. The van der Waals surface area contributed by atoms with Crippen molar-refractivity contribution in [1.82, 2.24) is 4.90 Å². The molecular weight excluding hydrogens is 266 g/mol. The van der Waals surface area contributed by atoms with Gasteiger partial charge in [0.1, 0.15) is 0 Å². The fourth-order valence-corrected chi connectivity index (χ4v) is 6.33. The molecule has 3 saturated heterocycles. The predicted octanol–water partition coefficient (Wildman–Crippen LogP) is 4.76. The van der Waals surface area contributed by atoms with E-state index in [1.807, 2.05) is 0 Å². The van der Waals surface area contributed by atoms with Gasteiger partial charge < -0.3 is 0 Å². The Morgan fingerprint density at radius 1 is 1.09 bits per heavy atom. The summed E-state index contributed by atoms with van der Waals surface area (Å²) in [4.78, 5) is 2.86. The molecule has 22 heavy (non-hydrogen) atoms. The summed E-state index contributed by atoms with van der Waals surface area (Å²) in [5.74, 6) is 1.79. The number of nitrogens with zero attached hydrogens (tertiary/aromatic N) is 1. The normalized spacial score (nSPS) is 41.9. The Balaban J connectivity index is 1.89. The Morgan fingerprint density at radius 3 is 2.55 bits per heavy atom. The van der Waals surface area contributed by atoms with E-state index >= 15 is 0 Å². The summed E-state index contributed by atoms with van der Waals surface area (Å²) in [5.41, 5.74) is 6.95. The summed E-state index contributed by atoms with van der Waals surface area (Å²) in [6, 6.07) is 5.55. The van der Waals surface area contributed by atoms with Crippen LogP contribution in [0.4, 0.5) is 0 Å². The molecule has 3 heterocycles. The maximum atomic E-state index is 2.86. The second-order valence-corrected chi connectivity index (χ2v) is 9.10. The standard InChI is InChI=1S/C21H31N/c1-13-7-14(2)15(3)19(8-13)21-10-17-9-18(11-21)20(5,6)22(12-17)16(21)4/h7-8,16-18H,9-12H2,1-6H3. The summed E-state index contributed by atoms with van der Waals surface area (Å²) in [5, 5.41) is 0. The number of piperidine rings is 3. The number of hydrogen-bond donors (Lipinski definition) is 0. The number of rotatable bonds is 1. The van der Waals surface area contributed by atoms with Gasteiger partial charge in [0.25, 0.3) is 0 Å². The molecule has 3 aliphatic heterocycles. The van der Waals surface area contributed by atoms with Crippen LogP contribution in [-0.2, 0) is 5.41 Å². The molecule has 5 atom stereocenters. The van der Waals surface area contributed by atoms with E-state index in [1.54, 1.807) is 11.1 Å². The summed E-state index contributed by atoms with van der Waals surface area (Å²) in [6.45, 7) is 15.7. The van der Waals surface area contributed by atoms with E-state index in [0.717, 1.165) is 11.8 Å². The van der Waals surface area contributed by atoms with Crippen LogP contribution in [0, 0.1) is 32.6 Å². The van der Waals surface area contributed by atoms with Crippen molar-refractivity contribution in [1.29, 1.82) is 0 Å². The molecule has 5 rings (SSSR count). The van der Waals surface area contributed by atoms with E-state index in [-0.39, 0.29) is 0 Å². The van der Waals surface area contributed by atoms with Crippen molar-refractivity contribution in [3.8, 4) is 0 Å². The smallest absolute Gasteiger partial charge is 0.0185 e. The molecule has 5 unspecified atom stereocenters. The van der Waals surface area contributed by atoms with Crippen LogP contribution in [0.15, 0.2) is 12.1 Å². The zero-order valence-corrected chi connectivity index (χ0v) is 15.2. The third-order valence-corrected chi connectivity index (χ3v) is 7.69. The first-order valence-corrected chi connectivity index (χ1v) is 9.11. The van der Waals surface area contributed by atoms with Crippen LogP contribution in [0.1, 0.15) is 62.3 Å². The first-order valence-electron chi connectivity index (χ1n) is 9.11. The summed E-state index contributed by atoms with van der Waals surface area (Å²) >= 11 is 0. The molecule has 120 valence electrons. The maximum absolute atomic E-state index is 2.86. The first-order chi connectivity index (χ1) is 10.3. The van der Waals surface area contributed by atoms with Crippen LogP contribution in [0.2, 0.25) is 0 Å². The van der Waals surface area contributed by atoms with Gasteiger partial charge in [-0.2, -0.15) is 0 Å². The van der Waals surface area contributed by atoms with E-state index in [0.29, 0.717) is 17.0 Å². The molecule has 4 bridgehead atoms. The summed E-state index contributed by atoms with van der Waals surface area (Å²) in [6.07, 6.45) is 4.28. The predicted molar refractivity (Wildman–Crippen MR) is 93.4 cm³/mol. The number of aryl methyl sites for hydroxylation is 2. The molecule has 0 aromatic heterocycles. The highest BCUT2D eigenvalue weighted by atomic mass is 15.3. The van der Waals surface area contributed by atoms with Crippen LogP contribution >= 0.6 is 0 Å². The molecule has 0 N–H and O–H groups in total. The minimum Gasteiger partial charge on any atom is -0.294 e. The summed E-state index contributed by atoms with van der Waals surface area (Å²) < 4.78 is 0. The molecule has 1 nitrogen and oxygen atoms in total. The van der Waals surface area contributed by atoms with Crippen LogP contribution < -0.4 is 0 Å². The molecule has 4 fully saturated rings. The van der Waals surface area contributed by atoms with Crippen LogP contribution in [0.25, 0.3) is 0 Å². The van der Waals surface area contributed by atoms with Gasteiger partial charge in [-0.15, -0.1) is 0 Å². The van der Waals surface area contributed by atoms with Gasteiger partial charge in [-0.1, -0.05) is 17.7 Å². The van der Waals surface area contributed by atoms with E-state index < -0.39 is 0 Å². The largest absolute Gasteiger partial charge is 0.294 e. The molecule has 0 amide bonds. The van der Waals surface area contributed by atoms with Crippen molar-refractivity contribution in [2.45, 2.75) is 77.8 Å². The molecule has 0 spiro atoms. The highest BCUT2D eigenvalue weighted by Gasteiger charge is 2.61. The topological polar surface area (TPSA) is 3.24 Å². The van der Waals surface area contributed by atoms with Crippen LogP contribution in [0.3, 0.4) is 0 Å². The lowest BCUT2D eigenvalue weighted by atomic mass is 9.49. The Hall–Kier alpha value is -0.820. The Bertz CT molecular complexity index is 629. The van der Waals surface area contributed by atoms with Crippen LogP contribution in [0.5, 0.6) is 0 Å². The van der Waals surface area contributed by atoms with Gasteiger partial charge >= 0.3 is 0 Å². The average molecular weight is 297 g/mol. The highest BCUT2D eigenvalue weighted by Crippen LogP contribution is 2.61. The molecule has 1 heteroatoms. The summed E-state index contributed by atoms with van der Waals surface area (Å²) in [7, 11) is 0. The van der Waals surface area contributed by atoms with Gasteiger partial charge in [0.2, 0.25) is 0 Å². The van der Waals surface area contributed by atoms with Crippen LogP contribution in [-0.4, -0.2) is 23.0 Å². The van der Waals surface area contributed by atoms with Crippen molar-refractivity contribution in [2.24, 2.45) is 11.8 Å². The van der Waals surface area contributed by atoms with Crippen molar-refractivity contribution in [3.05, 3.63) is 34.4 Å². The van der Waals surface area contributed by atoms with Gasteiger partial charge in [0.05, 0.1) is 0 Å². The lowest BCUT2D eigenvalue weighted by molar-refractivity contribution is -0.157. The van der Waals surface area contributed by atoms with E-state index in [1.165, 1.54) is 36.9 Å². The van der Waals surface area contributed by atoms with Gasteiger partial charge in [-0.05, 0) is 89.3 Å². The molecular formula is C21H31N. The maximum Gasteiger partial charge on any atom is 0.0185 e. The van der Waals surface area contributed by atoms with E-state index in [2.05, 4.69) is 58.6 Å².